The van der Waals surface area contributed by atoms with Crippen molar-refractivity contribution in [3.63, 3.8) is 0 Å². The third-order valence-corrected chi connectivity index (χ3v) is 6.13. The fraction of sp³-hybridized carbons (Fsp3) is 0.211. The number of carbonyl (C=O) groups excluding carboxylic acids is 2. The zero-order valence-electron chi connectivity index (χ0n) is 14.5. The second-order valence-electron chi connectivity index (χ2n) is 6.20. The number of hydrogen-bond acceptors (Lipinski definition) is 6. The van der Waals surface area contributed by atoms with Crippen molar-refractivity contribution in [2.75, 3.05) is 16.9 Å². The van der Waals surface area contributed by atoms with E-state index in [2.05, 4.69) is 10.3 Å². The quantitative estimate of drug-likeness (QED) is 0.721. The van der Waals surface area contributed by atoms with Gasteiger partial charge >= 0.3 is 0 Å². The number of carbonyl (C=O) groups is 2. The van der Waals surface area contributed by atoms with Crippen LogP contribution in [0, 0.1) is 6.92 Å². The second kappa shape index (κ2) is 7.58. The Bertz CT molecular complexity index is 968. The number of nitrogens with one attached hydrogen (secondary N) is 1. The first-order valence-corrected chi connectivity index (χ1v) is 10.4. The summed E-state index contributed by atoms with van der Waals surface area (Å²) < 4.78 is 5.07. The summed E-state index contributed by atoms with van der Waals surface area (Å²) in [4.78, 5) is 31.6. The number of thiazole rings is 1. The molecule has 0 aliphatic carbocycles. The lowest BCUT2D eigenvalue weighted by atomic mass is 10.2. The summed E-state index contributed by atoms with van der Waals surface area (Å²) in [6, 6.07) is 8.90. The van der Waals surface area contributed by atoms with Gasteiger partial charge in [0.25, 0.3) is 5.91 Å². The standard InChI is InChI=1S/C19H17N3O3S2/c1-12-3-2-4-14(7-12)20-17(23)16-10-26-11-22(16)19(24)15-9-27-18(21-15)13-5-6-25-8-13/h2-9,16H,10-11H2,1H3,(H,20,23). The molecule has 8 heteroatoms. The van der Waals surface area contributed by atoms with Crippen molar-refractivity contribution < 1.29 is 14.0 Å². The van der Waals surface area contributed by atoms with Crippen molar-refractivity contribution in [2.45, 2.75) is 13.0 Å². The molecule has 6 nitrogen and oxygen atoms in total. The summed E-state index contributed by atoms with van der Waals surface area (Å²) in [5.41, 5.74) is 2.99. The second-order valence-corrected chi connectivity index (χ2v) is 8.06. The van der Waals surface area contributed by atoms with E-state index in [1.165, 1.54) is 11.3 Å². The van der Waals surface area contributed by atoms with Crippen LogP contribution in [0.15, 0.2) is 52.7 Å². The molecule has 0 bridgehead atoms. The van der Waals surface area contributed by atoms with Crippen molar-refractivity contribution in [1.82, 2.24) is 9.88 Å². The Morgan fingerprint density at radius 3 is 3.00 bits per heavy atom. The highest BCUT2D eigenvalue weighted by Gasteiger charge is 2.36. The molecule has 2 amide bonds. The Hall–Kier alpha value is -2.58. The molecule has 1 saturated heterocycles. The van der Waals surface area contributed by atoms with E-state index in [9.17, 15) is 9.59 Å². The maximum absolute atomic E-state index is 12.9. The van der Waals surface area contributed by atoms with Gasteiger partial charge in [0.15, 0.2) is 0 Å². The third kappa shape index (κ3) is 3.77. The smallest absolute Gasteiger partial charge is 0.274 e. The summed E-state index contributed by atoms with van der Waals surface area (Å²) in [5.74, 6) is 0.644. The number of aryl methyl sites for hydroxylation is 1. The molecule has 1 unspecified atom stereocenters. The Morgan fingerprint density at radius 2 is 2.22 bits per heavy atom. The molecule has 0 radical (unpaired) electrons. The molecule has 0 spiro atoms. The topological polar surface area (TPSA) is 75.4 Å². The van der Waals surface area contributed by atoms with Gasteiger partial charge in [-0.05, 0) is 30.7 Å². The van der Waals surface area contributed by atoms with E-state index in [4.69, 9.17) is 4.42 Å². The average Bonchev–Trinajstić information content (AvgIpc) is 3.41. The molecule has 3 aromatic rings. The Morgan fingerprint density at radius 1 is 1.33 bits per heavy atom. The number of furan rings is 1. The van der Waals surface area contributed by atoms with Crippen LogP contribution in [0.5, 0.6) is 0 Å². The molecule has 138 valence electrons. The number of benzene rings is 1. The van der Waals surface area contributed by atoms with Crippen LogP contribution in [0.25, 0.3) is 10.6 Å². The summed E-state index contributed by atoms with van der Waals surface area (Å²) in [5, 5.41) is 5.36. The highest BCUT2D eigenvalue weighted by molar-refractivity contribution is 7.99. The molecule has 27 heavy (non-hydrogen) atoms. The van der Waals surface area contributed by atoms with Gasteiger partial charge in [0.05, 0.1) is 12.1 Å². The first kappa shape index (κ1) is 17.8. The number of aromatic nitrogens is 1. The van der Waals surface area contributed by atoms with Gasteiger partial charge in [0.1, 0.15) is 23.0 Å². The largest absolute Gasteiger partial charge is 0.472 e. The minimum atomic E-state index is -0.512. The highest BCUT2D eigenvalue weighted by Crippen LogP contribution is 2.28. The summed E-state index contributed by atoms with van der Waals surface area (Å²) in [6.45, 7) is 1.97. The molecule has 4 rings (SSSR count). The molecule has 1 N–H and O–H groups in total. The molecule has 2 aromatic heterocycles. The van der Waals surface area contributed by atoms with Crippen molar-refractivity contribution in [1.29, 1.82) is 0 Å². The van der Waals surface area contributed by atoms with Crippen molar-refractivity contribution in [3.8, 4) is 10.6 Å². The van der Waals surface area contributed by atoms with E-state index in [0.717, 1.165) is 21.8 Å². The van der Waals surface area contributed by atoms with Crippen molar-refractivity contribution in [3.05, 3.63) is 59.5 Å². The SMILES string of the molecule is Cc1cccc(NC(=O)C2CSCN2C(=O)c2csc(-c3ccoc3)n2)c1. The van der Waals surface area contributed by atoms with E-state index in [1.807, 2.05) is 31.2 Å². The van der Waals surface area contributed by atoms with Gasteiger partial charge in [-0.15, -0.1) is 23.1 Å². The fourth-order valence-electron chi connectivity index (χ4n) is 2.85. The molecule has 1 aromatic carbocycles. The maximum Gasteiger partial charge on any atom is 0.274 e. The molecule has 1 atom stereocenters. The summed E-state index contributed by atoms with van der Waals surface area (Å²) in [6.07, 6.45) is 3.16. The molecule has 1 aliphatic heterocycles. The molecule has 3 heterocycles. The van der Waals surface area contributed by atoms with Crippen LogP contribution < -0.4 is 5.32 Å². The third-order valence-electron chi connectivity index (χ3n) is 4.22. The molecule has 1 fully saturated rings. The first-order chi connectivity index (χ1) is 13.1. The van der Waals surface area contributed by atoms with Gasteiger partial charge in [0, 0.05) is 22.4 Å². The van der Waals surface area contributed by atoms with Crippen LogP contribution in [-0.2, 0) is 4.79 Å². The van der Waals surface area contributed by atoms with E-state index < -0.39 is 6.04 Å². The van der Waals surface area contributed by atoms with E-state index in [1.54, 1.807) is 40.6 Å². The normalized spacial score (nSPS) is 16.5. The van der Waals surface area contributed by atoms with Crippen molar-refractivity contribution in [2.24, 2.45) is 0 Å². The number of nitrogens with zero attached hydrogens (tertiary/aromatic N) is 2. The number of anilines is 1. The number of hydrogen-bond donors (Lipinski definition) is 1. The van der Waals surface area contributed by atoms with E-state index >= 15 is 0 Å². The van der Waals surface area contributed by atoms with Gasteiger partial charge in [0.2, 0.25) is 5.91 Å². The molecular formula is C19H17N3O3S2. The molecule has 1 aliphatic rings. The zero-order chi connectivity index (χ0) is 18.8. The maximum atomic E-state index is 12.9. The Labute approximate surface area is 164 Å². The highest BCUT2D eigenvalue weighted by atomic mass is 32.2. The predicted molar refractivity (Wildman–Crippen MR) is 107 cm³/mol. The summed E-state index contributed by atoms with van der Waals surface area (Å²) >= 11 is 2.95. The van der Waals surface area contributed by atoms with E-state index in [0.29, 0.717) is 17.3 Å². The number of thioether (sulfide) groups is 1. The fourth-order valence-corrected chi connectivity index (χ4v) is 4.78. The molecule has 0 saturated carbocycles. The first-order valence-electron chi connectivity index (χ1n) is 8.36. The zero-order valence-corrected chi connectivity index (χ0v) is 16.2. The van der Waals surface area contributed by atoms with Gasteiger partial charge in [-0.1, -0.05) is 12.1 Å². The number of rotatable bonds is 4. The Kier molecular flexibility index (Phi) is 5.00. The van der Waals surface area contributed by atoms with Gasteiger partial charge in [-0.25, -0.2) is 4.98 Å². The number of amides is 2. The van der Waals surface area contributed by atoms with Crippen molar-refractivity contribution >= 4 is 40.6 Å². The van der Waals surface area contributed by atoms with Crippen LogP contribution in [0.1, 0.15) is 16.1 Å². The van der Waals surface area contributed by atoms with Crippen LogP contribution in [-0.4, -0.2) is 39.4 Å². The Balaban J connectivity index is 1.49. The molecular weight excluding hydrogens is 382 g/mol. The average molecular weight is 399 g/mol. The van der Waals surface area contributed by atoms with Gasteiger partial charge < -0.3 is 14.6 Å². The minimum absolute atomic E-state index is 0.177. The minimum Gasteiger partial charge on any atom is -0.472 e. The van der Waals surface area contributed by atoms with Crippen LogP contribution in [0.2, 0.25) is 0 Å². The van der Waals surface area contributed by atoms with Gasteiger partial charge in [-0.2, -0.15) is 0 Å². The van der Waals surface area contributed by atoms with Crippen LogP contribution in [0.4, 0.5) is 5.69 Å². The summed E-state index contributed by atoms with van der Waals surface area (Å²) in [7, 11) is 0. The van der Waals surface area contributed by atoms with Crippen LogP contribution >= 0.6 is 23.1 Å². The van der Waals surface area contributed by atoms with Gasteiger partial charge in [-0.3, -0.25) is 9.59 Å². The lowest BCUT2D eigenvalue weighted by molar-refractivity contribution is -0.119. The van der Waals surface area contributed by atoms with E-state index in [-0.39, 0.29) is 11.8 Å². The van der Waals surface area contributed by atoms with Crippen LogP contribution in [0.3, 0.4) is 0 Å². The predicted octanol–water partition coefficient (Wildman–Crippen LogP) is 3.87. The monoisotopic (exact) mass is 399 g/mol. The lowest BCUT2D eigenvalue weighted by Gasteiger charge is -2.22. The lowest BCUT2D eigenvalue weighted by Crippen LogP contribution is -2.44.